The van der Waals surface area contributed by atoms with Crippen molar-refractivity contribution in [3.8, 4) is 0 Å². The van der Waals surface area contributed by atoms with Gasteiger partial charge < -0.3 is 28.4 Å². The molecule has 0 aromatic carbocycles. The highest BCUT2D eigenvalue weighted by Crippen LogP contribution is 1.97. The number of hydrogen-bond donors (Lipinski definition) is 0. The van der Waals surface area contributed by atoms with Crippen molar-refractivity contribution < 1.29 is 28.4 Å². The Labute approximate surface area is 103 Å². The Morgan fingerprint density at radius 3 is 1.47 bits per heavy atom. The van der Waals surface area contributed by atoms with E-state index in [2.05, 4.69) is 0 Å². The van der Waals surface area contributed by atoms with E-state index < -0.39 is 0 Å². The second-order valence-corrected chi connectivity index (χ2v) is 3.10. The zero-order valence-corrected chi connectivity index (χ0v) is 11.1. The van der Waals surface area contributed by atoms with Crippen LogP contribution in [0.4, 0.5) is 0 Å². The summed E-state index contributed by atoms with van der Waals surface area (Å²) in [5.74, 6) is 0. The Morgan fingerprint density at radius 1 is 0.765 bits per heavy atom. The standard InChI is InChI=1S/C11H24O6/c1-5-16-10(12-3)7-14-9-15-8-11(13-4)17-6-2/h10-11H,5-9H2,1-4H3. The summed E-state index contributed by atoms with van der Waals surface area (Å²) < 4.78 is 31.0. The molecule has 0 saturated heterocycles. The summed E-state index contributed by atoms with van der Waals surface area (Å²) in [4.78, 5) is 0. The van der Waals surface area contributed by atoms with Crippen LogP contribution in [0.25, 0.3) is 0 Å². The van der Waals surface area contributed by atoms with Crippen molar-refractivity contribution in [3.05, 3.63) is 0 Å². The Morgan fingerprint density at radius 2 is 1.18 bits per heavy atom. The van der Waals surface area contributed by atoms with Crippen LogP contribution >= 0.6 is 0 Å². The number of ether oxygens (including phenoxy) is 6. The lowest BCUT2D eigenvalue weighted by atomic mass is 10.6. The third kappa shape index (κ3) is 9.46. The fourth-order valence-corrected chi connectivity index (χ4v) is 1.09. The summed E-state index contributed by atoms with van der Waals surface area (Å²) in [6, 6.07) is 0. The largest absolute Gasteiger partial charge is 0.354 e. The normalized spacial score (nSPS) is 14.8. The van der Waals surface area contributed by atoms with E-state index in [-0.39, 0.29) is 19.4 Å². The van der Waals surface area contributed by atoms with Crippen LogP contribution in [-0.2, 0) is 28.4 Å². The fourth-order valence-electron chi connectivity index (χ4n) is 1.09. The minimum absolute atomic E-state index is 0.153. The molecule has 0 aromatic rings. The van der Waals surface area contributed by atoms with Crippen LogP contribution in [0.3, 0.4) is 0 Å². The summed E-state index contributed by atoms with van der Waals surface area (Å²) in [5, 5.41) is 0. The van der Waals surface area contributed by atoms with Gasteiger partial charge in [-0.05, 0) is 13.8 Å². The molecule has 0 aromatic heterocycles. The predicted molar refractivity (Wildman–Crippen MR) is 61.6 cm³/mol. The molecule has 17 heavy (non-hydrogen) atoms. The minimum Gasteiger partial charge on any atom is -0.354 e. The lowest BCUT2D eigenvalue weighted by Gasteiger charge is -2.17. The molecule has 0 rings (SSSR count). The zero-order chi connectivity index (χ0) is 12.9. The summed E-state index contributed by atoms with van der Waals surface area (Å²) in [6.45, 7) is 5.77. The van der Waals surface area contributed by atoms with Crippen LogP contribution in [0.2, 0.25) is 0 Å². The predicted octanol–water partition coefficient (Wildman–Crippen LogP) is 0.995. The Balaban J connectivity index is 3.43. The maximum atomic E-state index is 5.23. The first-order chi connectivity index (χ1) is 8.28. The second-order valence-electron chi connectivity index (χ2n) is 3.10. The van der Waals surface area contributed by atoms with Gasteiger partial charge in [0.25, 0.3) is 0 Å². The van der Waals surface area contributed by atoms with Gasteiger partial charge in [-0.1, -0.05) is 0 Å². The van der Waals surface area contributed by atoms with E-state index in [0.717, 1.165) is 0 Å². The van der Waals surface area contributed by atoms with Crippen molar-refractivity contribution in [2.45, 2.75) is 26.4 Å². The number of rotatable bonds is 12. The first-order valence-electron chi connectivity index (χ1n) is 5.72. The fraction of sp³-hybridized carbons (Fsp3) is 1.00. The molecule has 0 heterocycles. The third-order valence-electron chi connectivity index (χ3n) is 1.91. The maximum Gasteiger partial charge on any atom is 0.180 e. The zero-order valence-electron chi connectivity index (χ0n) is 11.1. The highest BCUT2D eigenvalue weighted by molar-refractivity contribution is 4.40. The third-order valence-corrected chi connectivity index (χ3v) is 1.91. The molecule has 2 unspecified atom stereocenters. The van der Waals surface area contributed by atoms with Gasteiger partial charge >= 0.3 is 0 Å². The van der Waals surface area contributed by atoms with Crippen molar-refractivity contribution >= 4 is 0 Å². The number of hydrogen-bond acceptors (Lipinski definition) is 6. The first-order valence-corrected chi connectivity index (χ1v) is 5.72. The van der Waals surface area contributed by atoms with E-state index in [9.17, 15) is 0 Å². The number of methoxy groups -OCH3 is 2. The highest BCUT2D eigenvalue weighted by Gasteiger charge is 2.08. The van der Waals surface area contributed by atoms with E-state index in [1.54, 1.807) is 14.2 Å². The SMILES string of the molecule is CCOC(COCOCC(OC)OCC)OC. The Hall–Kier alpha value is -0.240. The molecule has 0 bridgehead atoms. The van der Waals surface area contributed by atoms with Crippen LogP contribution in [0.1, 0.15) is 13.8 Å². The minimum atomic E-state index is -0.353. The van der Waals surface area contributed by atoms with Crippen LogP contribution in [-0.4, -0.2) is 60.0 Å². The van der Waals surface area contributed by atoms with Crippen LogP contribution < -0.4 is 0 Å². The quantitative estimate of drug-likeness (QED) is 0.381. The molecule has 2 atom stereocenters. The van der Waals surface area contributed by atoms with Crippen molar-refractivity contribution in [1.29, 1.82) is 0 Å². The molecule has 0 aliphatic rings. The summed E-state index contributed by atoms with van der Waals surface area (Å²) in [6.07, 6.45) is -0.706. The van der Waals surface area contributed by atoms with Crippen molar-refractivity contribution in [2.75, 3.05) is 47.4 Å². The average Bonchev–Trinajstić information content (AvgIpc) is 2.35. The van der Waals surface area contributed by atoms with E-state index in [1.165, 1.54) is 0 Å². The van der Waals surface area contributed by atoms with Gasteiger partial charge in [-0.25, -0.2) is 0 Å². The van der Waals surface area contributed by atoms with Crippen molar-refractivity contribution in [3.63, 3.8) is 0 Å². The van der Waals surface area contributed by atoms with Gasteiger partial charge in [0.1, 0.15) is 20.0 Å². The lowest BCUT2D eigenvalue weighted by Crippen LogP contribution is -2.25. The molecular weight excluding hydrogens is 228 g/mol. The average molecular weight is 252 g/mol. The van der Waals surface area contributed by atoms with Gasteiger partial charge in [-0.15, -0.1) is 0 Å². The van der Waals surface area contributed by atoms with Crippen molar-refractivity contribution in [2.24, 2.45) is 0 Å². The van der Waals surface area contributed by atoms with Crippen LogP contribution in [0.15, 0.2) is 0 Å². The molecule has 0 radical (unpaired) electrons. The van der Waals surface area contributed by atoms with Gasteiger partial charge in [0.2, 0.25) is 0 Å². The van der Waals surface area contributed by atoms with E-state index in [0.29, 0.717) is 26.4 Å². The Bertz CT molecular complexity index is 139. The van der Waals surface area contributed by atoms with Crippen LogP contribution in [0, 0.1) is 0 Å². The molecule has 6 nitrogen and oxygen atoms in total. The summed E-state index contributed by atoms with van der Waals surface area (Å²) >= 11 is 0. The van der Waals surface area contributed by atoms with Gasteiger partial charge in [-0.3, -0.25) is 0 Å². The monoisotopic (exact) mass is 252 g/mol. The van der Waals surface area contributed by atoms with E-state index >= 15 is 0 Å². The first kappa shape index (κ1) is 16.8. The topological polar surface area (TPSA) is 55.4 Å². The summed E-state index contributed by atoms with van der Waals surface area (Å²) in [7, 11) is 3.14. The molecule has 0 aliphatic heterocycles. The summed E-state index contributed by atoms with van der Waals surface area (Å²) in [5.41, 5.74) is 0. The van der Waals surface area contributed by atoms with Gasteiger partial charge in [0.05, 0.1) is 0 Å². The van der Waals surface area contributed by atoms with Gasteiger partial charge in [-0.2, -0.15) is 0 Å². The van der Waals surface area contributed by atoms with Crippen molar-refractivity contribution in [1.82, 2.24) is 0 Å². The molecular formula is C11H24O6. The van der Waals surface area contributed by atoms with Gasteiger partial charge in [0, 0.05) is 27.4 Å². The van der Waals surface area contributed by atoms with E-state index in [1.807, 2.05) is 13.8 Å². The molecule has 0 amide bonds. The second kappa shape index (κ2) is 12.2. The molecule has 0 spiro atoms. The Kier molecular flexibility index (Phi) is 12.1. The molecule has 104 valence electrons. The molecule has 0 fully saturated rings. The molecule has 0 saturated carbocycles. The van der Waals surface area contributed by atoms with Gasteiger partial charge in [0.15, 0.2) is 12.6 Å². The lowest BCUT2D eigenvalue weighted by molar-refractivity contribution is -0.200. The molecule has 0 aliphatic carbocycles. The maximum absolute atomic E-state index is 5.23. The highest BCUT2D eigenvalue weighted by atomic mass is 16.7. The molecule has 0 N–H and O–H groups in total. The smallest absolute Gasteiger partial charge is 0.180 e. The van der Waals surface area contributed by atoms with Crippen LogP contribution in [0.5, 0.6) is 0 Å². The molecule has 6 heteroatoms. The van der Waals surface area contributed by atoms with E-state index in [4.69, 9.17) is 28.4 Å².